The molecule has 0 spiro atoms. The Hall–Kier alpha value is -1.26. The number of aliphatic hydroxyl groups excluding tert-OH is 1. The summed E-state index contributed by atoms with van der Waals surface area (Å²) in [5, 5.41) is 10.9. The van der Waals surface area contributed by atoms with E-state index in [9.17, 15) is 9.90 Å². The molecule has 9 heteroatoms. The molecule has 2 aromatic heterocycles. The second-order valence-electron chi connectivity index (χ2n) is 6.01. The third kappa shape index (κ3) is 4.34. The largest absolute Gasteiger partial charge is 0.462 e. The number of aromatic nitrogens is 2. The first-order chi connectivity index (χ1) is 12.6. The summed E-state index contributed by atoms with van der Waals surface area (Å²) in [6, 6.07) is 0. The van der Waals surface area contributed by atoms with Crippen LogP contribution >= 0.6 is 23.1 Å². The molecule has 2 N–H and O–H groups in total. The Morgan fingerprint density at radius 3 is 2.85 bits per heavy atom. The summed E-state index contributed by atoms with van der Waals surface area (Å²) < 4.78 is 10.6. The minimum absolute atomic E-state index is 0.0775. The molecule has 0 aliphatic carbocycles. The monoisotopic (exact) mass is 398 g/mol. The van der Waals surface area contributed by atoms with Gasteiger partial charge in [-0.2, -0.15) is 0 Å². The van der Waals surface area contributed by atoms with Crippen LogP contribution < -0.4 is 4.90 Å². The number of thioether (sulfide) groups is 1. The van der Waals surface area contributed by atoms with Gasteiger partial charge in [0.15, 0.2) is 5.82 Å². The topological polar surface area (TPSA) is 86.0 Å². The van der Waals surface area contributed by atoms with E-state index in [0.717, 1.165) is 59.5 Å². The number of morpholine rings is 1. The highest BCUT2D eigenvalue weighted by Crippen LogP contribution is 2.35. The van der Waals surface area contributed by atoms with Gasteiger partial charge in [0.1, 0.15) is 34.4 Å². The normalized spacial score (nSPS) is 15.5. The number of rotatable bonds is 7. The third-order valence-corrected chi connectivity index (χ3v) is 6.32. The molecule has 0 atom stereocenters. The second-order valence-corrected chi connectivity index (χ2v) is 8.10. The molecule has 1 saturated heterocycles. The van der Waals surface area contributed by atoms with E-state index >= 15 is 0 Å². The Morgan fingerprint density at radius 2 is 2.15 bits per heavy atom. The fraction of sp³-hybridized carbons (Fsp3) is 0.588. The lowest BCUT2D eigenvalue weighted by molar-refractivity contribution is -0.922. The molecule has 0 bridgehead atoms. The Morgan fingerprint density at radius 1 is 1.38 bits per heavy atom. The SMILES string of the molecule is CCOC(=O)c1sc2nc(C[NH+]3CCOCC3)nc(SCCO)c2c1C. The van der Waals surface area contributed by atoms with Gasteiger partial charge in [-0.15, -0.1) is 23.1 Å². The molecule has 3 rings (SSSR count). The number of ether oxygens (including phenoxy) is 2. The van der Waals surface area contributed by atoms with Crippen LogP contribution in [0.4, 0.5) is 0 Å². The van der Waals surface area contributed by atoms with Gasteiger partial charge in [0.05, 0.1) is 26.4 Å². The fourth-order valence-electron chi connectivity index (χ4n) is 2.92. The molecular weight excluding hydrogens is 374 g/mol. The lowest BCUT2D eigenvalue weighted by Gasteiger charge is -2.23. The molecule has 0 saturated carbocycles. The van der Waals surface area contributed by atoms with E-state index < -0.39 is 0 Å². The quantitative estimate of drug-likeness (QED) is 0.403. The van der Waals surface area contributed by atoms with Crippen molar-refractivity contribution >= 4 is 39.3 Å². The molecule has 0 unspecified atom stereocenters. The van der Waals surface area contributed by atoms with Crippen molar-refractivity contribution in [2.24, 2.45) is 0 Å². The van der Waals surface area contributed by atoms with Gasteiger partial charge >= 0.3 is 5.97 Å². The number of hydrogen-bond acceptors (Lipinski definition) is 8. The lowest BCUT2D eigenvalue weighted by Crippen LogP contribution is -3.12. The molecule has 0 amide bonds. The Balaban J connectivity index is 1.97. The van der Waals surface area contributed by atoms with Crippen molar-refractivity contribution in [2.45, 2.75) is 25.4 Å². The van der Waals surface area contributed by atoms with Crippen molar-refractivity contribution in [3.05, 3.63) is 16.3 Å². The maximum atomic E-state index is 12.2. The van der Waals surface area contributed by atoms with Gasteiger partial charge in [0, 0.05) is 11.1 Å². The average molecular weight is 399 g/mol. The third-order valence-electron chi connectivity index (χ3n) is 4.20. The van der Waals surface area contributed by atoms with Crippen LogP contribution in [0, 0.1) is 6.92 Å². The molecule has 2 aromatic rings. The van der Waals surface area contributed by atoms with E-state index in [4.69, 9.17) is 19.4 Å². The minimum atomic E-state index is -0.313. The number of thiophene rings is 1. The van der Waals surface area contributed by atoms with Crippen LogP contribution in [0.2, 0.25) is 0 Å². The zero-order valence-electron chi connectivity index (χ0n) is 15.0. The standard InChI is InChI=1S/C17H23N3O4S2/c1-3-24-17(22)14-11(2)13-15(25-9-6-21)18-12(19-16(13)26-14)10-20-4-7-23-8-5-20/h21H,3-10H2,1-2H3/p+1. The smallest absolute Gasteiger partial charge is 0.348 e. The van der Waals surface area contributed by atoms with Crippen molar-refractivity contribution in [2.75, 3.05) is 45.3 Å². The highest BCUT2D eigenvalue weighted by atomic mass is 32.2. The summed E-state index contributed by atoms with van der Waals surface area (Å²) in [6.45, 7) is 8.26. The number of nitrogens with zero attached hydrogens (tertiary/aromatic N) is 2. The van der Waals surface area contributed by atoms with Crippen molar-refractivity contribution in [1.82, 2.24) is 9.97 Å². The second kappa shape index (κ2) is 9.09. The van der Waals surface area contributed by atoms with Gasteiger partial charge in [-0.1, -0.05) is 0 Å². The number of aliphatic hydroxyl groups is 1. The Labute approximate surface area is 160 Å². The summed E-state index contributed by atoms with van der Waals surface area (Å²) in [7, 11) is 0. The fourth-order valence-corrected chi connectivity index (χ4v) is 4.93. The van der Waals surface area contributed by atoms with Gasteiger partial charge in [-0.05, 0) is 19.4 Å². The molecule has 0 radical (unpaired) electrons. The molecule has 0 aromatic carbocycles. The number of hydrogen-bond donors (Lipinski definition) is 2. The van der Waals surface area contributed by atoms with E-state index in [1.54, 1.807) is 6.92 Å². The van der Waals surface area contributed by atoms with E-state index in [2.05, 4.69) is 0 Å². The first-order valence-electron chi connectivity index (χ1n) is 8.76. The van der Waals surface area contributed by atoms with Gasteiger partial charge in [-0.25, -0.2) is 14.8 Å². The number of carbonyl (C=O) groups excluding carboxylic acids is 1. The molecule has 1 aliphatic rings. The van der Waals surface area contributed by atoms with E-state index in [1.165, 1.54) is 28.0 Å². The molecule has 1 aliphatic heterocycles. The van der Waals surface area contributed by atoms with Gasteiger partial charge < -0.3 is 19.5 Å². The van der Waals surface area contributed by atoms with E-state index in [-0.39, 0.29) is 12.6 Å². The zero-order chi connectivity index (χ0) is 18.5. The highest BCUT2D eigenvalue weighted by Gasteiger charge is 2.23. The van der Waals surface area contributed by atoms with Crippen LogP contribution in [-0.4, -0.2) is 66.3 Å². The number of quaternary nitrogens is 1. The zero-order valence-corrected chi connectivity index (χ0v) is 16.7. The minimum Gasteiger partial charge on any atom is -0.462 e. The maximum Gasteiger partial charge on any atom is 0.348 e. The van der Waals surface area contributed by atoms with Crippen LogP contribution in [0.5, 0.6) is 0 Å². The summed E-state index contributed by atoms with van der Waals surface area (Å²) in [5.74, 6) is 1.01. The van der Waals surface area contributed by atoms with Crippen molar-refractivity contribution in [3.8, 4) is 0 Å². The summed E-state index contributed by atoms with van der Waals surface area (Å²) in [6.07, 6.45) is 0. The Bertz CT molecular complexity index is 775. The van der Waals surface area contributed by atoms with Crippen LogP contribution in [0.1, 0.15) is 28.0 Å². The van der Waals surface area contributed by atoms with Gasteiger partial charge in [0.25, 0.3) is 0 Å². The van der Waals surface area contributed by atoms with E-state index in [1.807, 2.05) is 6.92 Å². The molecular formula is C17H24N3O4S2+. The number of nitrogens with one attached hydrogen (secondary N) is 1. The average Bonchev–Trinajstić information content (AvgIpc) is 2.97. The van der Waals surface area contributed by atoms with Gasteiger partial charge in [0.2, 0.25) is 0 Å². The predicted octanol–water partition coefficient (Wildman–Crippen LogP) is 0.676. The lowest BCUT2D eigenvalue weighted by atomic mass is 10.2. The molecule has 7 nitrogen and oxygen atoms in total. The predicted molar refractivity (Wildman–Crippen MR) is 101 cm³/mol. The maximum absolute atomic E-state index is 12.2. The summed E-state index contributed by atoms with van der Waals surface area (Å²) in [4.78, 5) is 24.5. The van der Waals surface area contributed by atoms with Crippen molar-refractivity contribution < 1.29 is 24.3 Å². The molecule has 1 fully saturated rings. The summed E-state index contributed by atoms with van der Waals surface area (Å²) in [5.41, 5.74) is 0.856. The highest BCUT2D eigenvalue weighted by molar-refractivity contribution is 7.99. The van der Waals surface area contributed by atoms with E-state index in [0.29, 0.717) is 17.2 Å². The number of aryl methyl sites for hydroxylation is 1. The van der Waals surface area contributed by atoms with Crippen molar-refractivity contribution in [3.63, 3.8) is 0 Å². The number of esters is 1. The molecule has 26 heavy (non-hydrogen) atoms. The van der Waals surface area contributed by atoms with Crippen LogP contribution in [0.3, 0.4) is 0 Å². The number of carbonyl (C=O) groups is 1. The molecule has 142 valence electrons. The number of fused-ring (bicyclic) bond motifs is 1. The first kappa shape index (κ1) is 19.5. The van der Waals surface area contributed by atoms with Crippen molar-refractivity contribution in [1.29, 1.82) is 0 Å². The van der Waals surface area contributed by atoms with Gasteiger partial charge in [-0.3, -0.25) is 0 Å². The first-order valence-corrected chi connectivity index (χ1v) is 10.6. The summed E-state index contributed by atoms with van der Waals surface area (Å²) >= 11 is 2.86. The molecule has 3 heterocycles. The van der Waals surface area contributed by atoms with Crippen LogP contribution in [0.15, 0.2) is 5.03 Å². The van der Waals surface area contributed by atoms with Crippen LogP contribution in [-0.2, 0) is 16.0 Å². The Kier molecular flexibility index (Phi) is 6.82. The van der Waals surface area contributed by atoms with Crippen LogP contribution in [0.25, 0.3) is 10.2 Å².